The molecule has 0 bridgehead atoms. The van der Waals surface area contributed by atoms with Crippen LogP contribution in [0.2, 0.25) is 0 Å². The van der Waals surface area contributed by atoms with Crippen molar-refractivity contribution in [3.8, 4) is 33.8 Å². The molecule has 2 unspecified atom stereocenters. The van der Waals surface area contributed by atoms with E-state index < -0.39 is 10.8 Å². The highest BCUT2D eigenvalue weighted by molar-refractivity contribution is 5.95. The number of rotatable bonds is 36. The number of hydrogen-bond donors (Lipinski definition) is 2. The standard InChI is InChI=1S/C76H98N2O12/c1-53-13-21-65-67-47-72-68(48-71(67)75(69(65)41-53,61-19-23-73(55(3)43-61)89-39-37-85-31-29-81-11)63-17-15-57(51-87-35-33-83-27-25-79)59(45-63)49-77(5,6)7)66-22-14-54(2)42-70(66)76(72,62-20-24-74(56(4)44-62)90-40-38-86-32-30-82-12)64-18-16-58(52-88-36-34-84-28-26-80)60(46-64)50-78(8,9)10/h13-24,41-48,79-80H,25-40,49-52H2,1-12H3/q+2. The van der Waals surface area contributed by atoms with E-state index in [9.17, 15) is 10.2 Å². The minimum absolute atomic E-state index is 0.0252. The van der Waals surface area contributed by atoms with Crippen LogP contribution >= 0.6 is 0 Å². The van der Waals surface area contributed by atoms with Crippen LogP contribution in [0.25, 0.3) is 22.3 Å². The smallest absolute Gasteiger partial charge is 0.122 e. The average Bonchev–Trinajstić information content (AvgIpc) is 1.50. The molecule has 0 radical (unpaired) electrons. The molecule has 2 atom stereocenters. The Labute approximate surface area is 535 Å². The van der Waals surface area contributed by atoms with Gasteiger partial charge < -0.3 is 66.5 Å². The topological polar surface area (TPSA) is 133 Å². The van der Waals surface area contributed by atoms with Crippen LogP contribution in [-0.4, -0.2) is 181 Å². The Balaban J connectivity index is 1.32. The number of nitrogens with zero attached hydrogens (tertiary/aromatic N) is 2. The van der Waals surface area contributed by atoms with Crippen LogP contribution in [-0.2, 0) is 75.0 Å². The highest BCUT2D eigenvalue weighted by Crippen LogP contribution is 2.63. The summed E-state index contributed by atoms with van der Waals surface area (Å²) in [5, 5.41) is 18.7. The van der Waals surface area contributed by atoms with E-state index in [2.05, 4.69) is 191 Å². The van der Waals surface area contributed by atoms with E-state index in [1.165, 1.54) is 66.8 Å². The highest BCUT2D eigenvalue weighted by Gasteiger charge is 2.52. The van der Waals surface area contributed by atoms with Gasteiger partial charge in [0.25, 0.3) is 0 Å². The number of hydrogen-bond acceptors (Lipinski definition) is 12. The molecule has 7 aromatic carbocycles. The molecule has 7 aromatic rings. The van der Waals surface area contributed by atoms with Crippen molar-refractivity contribution in [2.24, 2.45) is 0 Å². The zero-order chi connectivity index (χ0) is 64.1. The molecular formula is C76H98N2O12+2. The Morgan fingerprint density at radius 3 is 1.06 bits per heavy atom. The Morgan fingerprint density at radius 1 is 0.333 bits per heavy atom. The number of methoxy groups -OCH3 is 2. The SMILES string of the molecule is COCCOCCOc1ccc(C2(c3ccc(COCCOCCO)c(C[N+](C)(C)C)c3)c3cc(C)ccc3-c3cc4c(cc32)-c2ccc(C)cc2C4(c2ccc(OCCOCCOC)c(C)c2)c2ccc(COCCOCCO)c(C[N+](C)(C)C)c2)cc1C. The van der Waals surface area contributed by atoms with E-state index in [4.69, 9.17) is 47.4 Å². The fraction of sp³-hybridized carbons (Fsp3) is 0.447. The van der Waals surface area contributed by atoms with Gasteiger partial charge in [-0.25, -0.2) is 0 Å². The predicted molar refractivity (Wildman–Crippen MR) is 355 cm³/mol. The van der Waals surface area contributed by atoms with Crippen molar-refractivity contribution in [2.45, 2.75) is 64.8 Å². The van der Waals surface area contributed by atoms with Crippen LogP contribution in [0.4, 0.5) is 0 Å². The maximum Gasteiger partial charge on any atom is 0.122 e. The van der Waals surface area contributed by atoms with Crippen LogP contribution < -0.4 is 9.47 Å². The van der Waals surface area contributed by atoms with Crippen LogP contribution in [0.15, 0.2) is 121 Å². The van der Waals surface area contributed by atoms with Gasteiger partial charge in [0.05, 0.1) is 159 Å². The minimum Gasteiger partial charge on any atom is -0.491 e. The van der Waals surface area contributed by atoms with Gasteiger partial charge in [-0.1, -0.05) is 96.1 Å². The van der Waals surface area contributed by atoms with Crippen molar-refractivity contribution in [1.29, 1.82) is 0 Å². The Hall–Kier alpha value is -6.34. The molecule has 2 N–H and O–H groups in total. The molecule has 0 spiro atoms. The lowest BCUT2D eigenvalue weighted by Crippen LogP contribution is -2.35. The number of fused-ring (bicyclic) bond motifs is 6. The third kappa shape index (κ3) is 15.4. The van der Waals surface area contributed by atoms with Gasteiger partial charge in [0.1, 0.15) is 37.8 Å². The normalized spacial score (nSPS) is 15.9. The summed E-state index contributed by atoms with van der Waals surface area (Å²) < 4.78 is 60.4. The first-order valence-corrected chi connectivity index (χ1v) is 31.8. The summed E-state index contributed by atoms with van der Waals surface area (Å²) in [6.45, 7) is 17.0. The van der Waals surface area contributed by atoms with Gasteiger partial charge in [0.15, 0.2) is 0 Å². The number of aliphatic hydroxyl groups is 2. The molecule has 14 heteroatoms. The maximum atomic E-state index is 9.37. The lowest BCUT2D eigenvalue weighted by atomic mass is 9.65. The van der Waals surface area contributed by atoms with Gasteiger partial charge in [-0.3, -0.25) is 0 Å². The molecule has 2 aliphatic rings. The molecule has 0 aliphatic heterocycles. The minimum atomic E-state index is -0.809. The van der Waals surface area contributed by atoms with Crippen molar-refractivity contribution in [2.75, 3.05) is 162 Å². The summed E-state index contributed by atoms with van der Waals surface area (Å²) in [5.41, 5.74) is 21.6. The number of quaternary nitrogens is 2. The van der Waals surface area contributed by atoms with Gasteiger partial charge in [0.2, 0.25) is 0 Å². The van der Waals surface area contributed by atoms with E-state index in [-0.39, 0.29) is 26.4 Å². The zero-order valence-corrected chi connectivity index (χ0v) is 55.6. The number of aliphatic hydroxyl groups excluding tert-OH is 2. The summed E-state index contributed by atoms with van der Waals surface area (Å²) in [7, 11) is 16.8. The molecule has 0 heterocycles. The van der Waals surface area contributed by atoms with Crippen molar-refractivity contribution >= 4 is 0 Å². The molecule has 0 amide bonds. The van der Waals surface area contributed by atoms with Gasteiger partial charge in [-0.15, -0.1) is 0 Å². The van der Waals surface area contributed by atoms with Crippen molar-refractivity contribution < 1.29 is 66.5 Å². The summed E-state index contributed by atoms with van der Waals surface area (Å²) in [5.74, 6) is 1.63. The Bertz CT molecular complexity index is 3300. The largest absolute Gasteiger partial charge is 0.491 e. The van der Waals surface area contributed by atoms with Gasteiger partial charge >= 0.3 is 0 Å². The molecule has 2 aliphatic carbocycles. The second-order valence-corrected chi connectivity index (χ2v) is 26.1. The summed E-state index contributed by atoms with van der Waals surface area (Å²) >= 11 is 0. The summed E-state index contributed by atoms with van der Waals surface area (Å²) in [6, 6.07) is 46.9. The lowest BCUT2D eigenvalue weighted by molar-refractivity contribution is -0.884. The number of benzene rings is 7. The molecule has 482 valence electrons. The lowest BCUT2D eigenvalue weighted by Gasteiger charge is -2.37. The third-order valence-corrected chi connectivity index (χ3v) is 17.1. The molecule has 9 rings (SSSR count). The van der Waals surface area contributed by atoms with Gasteiger partial charge in [0, 0.05) is 25.3 Å². The number of ether oxygens (including phenoxy) is 10. The Morgan fingerprint density at radius 2 is 0.678 bits per heavy atom. The van der Waals surface area contributed by atoms with E-state index in [1.807, 2.05) is 0 Å². The van der Waals surface area contributed by atoms with E-state index in [1.54, 1.807) is 14.2 Å². The van der Waals surface area contributed by atoms with Crippen LogP contribution in [0.5, 0.6) is 11.5 Å². The summed E-state index contributed by atoms with van der Waals surface area (Å²) in [6.07, 6.45) is 0. The summed E-state index contributed by atoms with van der Waals surface area (Å²) in [4.78, 5) is 0. The molecule has 0 saturated heterocycles. The fourth-order valence-corrected chi connectivity index (χ4v) is 13.2. The molecule has 90 heavy (non-hydrogen) atoms. The van der Waals surface area contributed by atoms with Crippen LogP contribution in [0.1, 0.15) is 89.0 Å². The monoisotopic (exact) mass is 1230 g/mol. The molecular weight excluding hydrogens is 1130 g/mol. The van der Waals surface area contributed by atoms with Gasteiger partial charge in [-0.05, 0) is 153 Å². The first-order chi connectivity index (χ1) is 43.4. The van der Waals surface area contributed by atoms with E-state index in [0.717, 1.165) is 69.1 Å². The maximum absolute atomic E-state index is 9.37. The molecule has 0 aromatic heterocycles. The average molecular weight is 1230 g/mol. The second-order valence-electron chi connectivity index (χ2n) is 26.1. The second kappa shape index (κ2) is 30.9. The molecule has 0 saturated carbocycles. The van der Waals surface area contributed by atoms with Crippen LogP contribution in [0.3, 0.4) is 0 Å². The fourth-order valence-electron chi connectivity index (χ4n) is 13.2. The van der Waals surface area contributed by atoms with Crippen molar-refractivity contribution in [1.82, 2.24) is 0 Å². The first kappa shape index (κ1) is 68.0. The first-order valence-electron chi connectivity index (χ1n) is 31.8. The van der Waals surface area contributed by atoms with E-state index in [0.29, 0.717) is 101 Å². The van der Waals surface area contributed by atoms with Gasteiger partial charge in [-0.2, -0.15) is 0 Å². The molecule has 0 fully saturated rings. The third-order valence-electron chi connectivity index (χ3n) is 17.1. The number of aryl methyl sites for hydroxylation is 4. The predicted octanol–water partition coefficient (Wildman–Crippen LogP) is 11.2. The Kier molecular flexibility index (Phi) is 23.3. The quantitative estimate of drug-likeness (QED) is 0.0286. The highest BCUT2D eigenvalue weighted by atomic mass is 16.6. The zero-order valence-electron chi connectivity index (χ0n) is 55.6. The van der Waals surface area contributed by atoms with Crippen molar-refractivity contribution in [3.63, 3.8) is 0 Å². The van der Waals surface area contributed by atoms with Crippen molar-refractivity contribution in [3.05, 3.63) is 210 Å². The van der Waals surface area contributed by atoms with Crippen LogP contribution in [0, 0.1) is 27.7 Å². The van der Waals surface area contributed by atoms with E-state index >= 15 is 0 Å². The molecule has 14 nitrogen and oxygen atoms in total.